The molecule has 0 bridgehead atoms. The minimum absolute atomic E-state index is 0.364. The fraction of sp³-hybridized carbons (Fsp3) is 0.385. The molecule has 5 heteroatoms. The highest BCUT2D eigenvalue weighted by Crippen LogP contribution is 2.30. The van der Waals surface area contributed by atoms with E-state index in [1.807, 2.05) is 6.92 Å². The summed E-state index contributed by atoms with van der Waals surface area (Å²) in [5.41, 5.74) is 0.500. The van der Waals surface area contributed by atoms with Crippen LogP contribution in [0, 0.1) is 0 Å². The first kappa shape index (κ1) is 12.4. The van der Waals surface area contributed by atoms with Crippen LogP contribution in [-0.2, 0) is 9.53 Å². The SMILES string of the molecule is CCOc1cc(C=O)ccc1OC1CCOC1=O. The van der Waals surface area contributed by atoms with Crippen molar-refractivity contribution >= 4 is 12.3 Å². The zero-order chi connectivity index (χ0) is 13.0. The lowest BCUT2D eigenvalue weighted by Gasteiger charge is -2.14. The molecule has 18 heavy (non-hydrogen) atoms. The Balaban J connectivity index is 2.20. The molecule has 1 fully saturated rings. The number of esters is 1. The number of cyclic esters (lactones) is 1. The molecule has 0 aromatic heterocycles. The predicted octanol–water partition coefficient (Wildman–Crippen LogP) is 1.59. The van der Waals surface area contributed by atoms with Crippen molar-refractivity contribution in [2.45, 2.75) is 19.4 Å². The Bertz CT molecular complexity index is 455. The number of rotatable bonds is 5. The summed E-state index contributed by atoms with van der Waals surface area (Å²) < 4.78 is 15.8. The fourth-order valence-corrected chi connectivity index (χ4v) is 1.70. The highest BCUT2D eigenvalue weighted by atomic mass is 16.6. The van der Waals surface area contributed by atoms with Crippen LogP contribution in [0.25, 0.3) is 0 Å². The Morgan fingerprint density at radius 2 is 2.28 bits per heavy atom. The van der Waals surface area contributed by atoms with Crippen molar-refractivity contribution in [1.29, 1.82) is 0 Å². The van der Waals surface area contributed by atoms with E-state index in [0.717, 1.165) is 6.29 Å². The first-order chi connectivity index (χ1) is 8.74. The Morgan fingerprint density at radius 1 is 1.44 bits per heavy atom. The summed E-state index contributed by atoms with van der Waals surface area (Å²) in [6.07, 6.45) is 0.668. The highest BCUT2D eigenvalue weighted by molar-refractivity contribution is 5.78. The first-order valence-corrected chi connectivity index (χ1v) is 5.80. The molecule has 0 N–H and O–H groups in total. The molecule has 1 aromatic rings. The largest absolute Gasteiger partial charge is 0.490 e. The Morgan fingerprint density at radius 3 is 2.89 bits per heavy atom. The van der Waals surface area contributed by atoms with E-state index < -0.39 is 6.10 Å². The van der Waals surface area contributed by atoms with Crippen LogP contribution in [0.1, 0.15) is 23.7 Å². The molecule has 2 rings (SSSR count). The molecule has 5 nitrogen and oxygen atoms in total. The minimum atomic E-state index is -0.591. The monoisotopic (exact) mass is 250 g/mol. The predicted molar refractivity (Wildman–Crippen MR) is 63.0 cm³/mol. The minimum Gasteiger partial charge on any atom is -0.490 e. The van der Waals surface area contributed by atoms with Gasteiger partial charge in [-0.25, -0.2) is 4.79 Å². The number of carbonyl (C=O) groups excluding carboxylic acids is 2. The Labute approximate surface area is 105 Å². The van der Waals surface area contributed by atoms with E-state index in [1.165, 1.54) is 0 Å². The van der Waals surface area contributed by atoms with E-state index in [2.05, 4.69) is 0 Å². The van der Waals surface area contributed by atoms with Gasteiger partial charge in [-0.15, -0.1) is 0 Å². The molecule has 1 heterocycles. The van der Waals surface area contributed by atoms with E-state index in [4.69, 9.17) is 14.2 Å². The van der Waals surface area contributed by atoms with E-state index >= 15 is 0 Å². The molecule has 96 valence electrons. The van der Waals surface area contributed by atoms with Crippen LogP contribution in [0.15, 0.2) is 18.2 Å². The van der Waals surface area contributed by atoms with Gasteiger partial charge in [0, 0.05) is 12.0 Å². The maximum absolute atomic E-state index is 11.3. The summed E-state index contributed by atoms with van der Waals surface area (Å²) in [5, 5.41) is 0. The average molecular weight is 250 g/mol. The van der Waals surface area contributed by atoms with Gasteiger partial charge in [-0.3, -0.25) is 4.79 Å². The Hall–Kier alpha value is -2.04. The average Bonchev–Trinajstić information content (AvgIpc) is 2.77. The molecule has 0 saturated carbocycles. The molecule has 1 atom stereocenters. The van der Waals surface area contributed by atoms with Crippen molar-refractivity contribution in [3.05, 3.63) is 23.8 Å². The quantitative estimate of drug-likeness (QED) is 0.586. The van der Waals surface area contributed by atoms with Gasteiger partial charge >= 0.3 is 5.97 Å². The lowest BCUT2D eigenvalue weighted by molar-refractivity contribution is -0.143. The van der Waals surface area contributed by atoms with Crippen LogP contribution >= 0.6 is 0 Å². The van der Waals surface area contributed by atoms with Crippen molar-refractivity contribution in [1.82, 2.24) is 0 Å². The lowest BCUT2D eigenvalue weighted by atomic mass is 10.2. The lowest BCUT2D eigenvalue weighted by Crippen LogP contribution is -2.22. The molecule has 1 aromatic carbocycles. The second-order valence-electron chi connectivity index (χ2n) is 3.82. The van der Waals surface area contributed by atoms with Gasteiger partial charge in [0.1, 0.15) is 6.29 Å². The number of hydrogen-bond donors (Lipinski definition) is 0. The van der Waals surface area contributed by atoms with Gasteiger partial charge < -0.3 is 14.2 Å². The number of hydrogen-bond acceptors (Lipinski definition) is 5. The van der Waals surface area contributed by atoms with Crippen LogP contribution in [0.2, 0.25) is 0 Å². The summed E-state index contributed by atoms with van der Waals surface area (Å²) in [7, 11) is 0. The van der Waals surface area contributed by atoms with Gasteiger partial charge in [-0.2, -0.15) is 0 Å². The fourth-order valence-electron chi connectivity index (χ4n) is 1.70. The number of ether oxygens (including phenoxy) is 3. The van der Waals surface area contributed by atoms with Gasteiger partial charge in [-0.05, 0) is 25.1 Å². The number of benzene rings is 1. The van der Waals surface area contributed by atoms with Gasteiger partial charge in [0.25, 0.3) is 0 Å². The van der Waals surface area contributed by atoms with Gasteiger partial charge in [0.05, 0.1) is 13.2 Å². The van der Waals surface area contributed by atoms with Crippen LogP contribution in [0.3, 0.4) is 0 Å². The second-order valence-corrected chi connectivity index (χ2v) is 3.82. The summed E-state index contributed by atoms with van der Waals surface area (Å²) in [6.45, 7) is 2.66. The number of carbonyl (C=O) groups is 2. The zero-order valence-corrected chi connectivity index (χ0v) is 10.0. The van der Waals surface area contributed by atoms with E-state index in [9.17, 15) is 9.59 Å². The molecule has 1 aliphatic rings. The molecule has 0 aliphatic carbocycles. The Kier molecular flexibility index (Phi) is 3.82. The summed E-state index contributed by atoms with van der Waals surface area (Å²) >= 11 is 0. The maximum atomic E-state index is 11.3. The summed E-state index contributed by atoms with van der Waals surface area (Å²) in [6, 6.07) is 4.83. The molecular formula is C13H14O5. The van der Waals surface area contributed by atoms with Crippen LogP contribution in [-0.4, -0.2) is 31.6 Å². The van der Waals surface area contributed by atoms with Crippen molar-refractivity contribution in [2.24, 2.45) is 0 Å². The molecule has 0 radical (unpaired) electrons. The number of aldehydes is 1. The smallest absolute Gasteiger partial charge is 0.347 e. The second kappa shape index (κ2) is 5.53. The topological polar surface area (TPSA) is 61.8 Å². The zero-order valence-electron chi connectivity index (χ0n) is 10.0. The standard InChI is InChI=1S/C13H14O5/c1-2-16-12-7-9(8-14)3-4-10(12)18-11-5-6-17-13(11)15/h3-4,7-8,11H,2,5-6H2,1H3. The third-order valence-corrected chi connectivity index (χ3v) is 2.56. The normalized spacial score (nSPS) is 18.3. The first-order valence-electron chi connectivity index (χ1n) is 5.80. The highest BCUT2D eigenvalue weighted by Gasteiger charge is 2.29. The van der Waals surface area contributed by atoms with E-state index in [-0.39, 0.29) is 5.97 Å². The molecular weight excluding hydrogens is 236 g/mol. The molecule has 1 unspecified atom stereocenters. The molecule has 1 saturated heterocycles. The maximum Gasteiger partial charge on any atom is 0.347 e. The van der Waals surface area contributed by atoms with Crippen LogP contribution in [0.5, 0.6) is 11.5 Å². The summed E-state index contributed by atoms with van der Waals surface area (Å²) in [5.74, 6) is 0.546. The summed E-state index contributed by atoms with van der Waals surface area (Å²) in [4.78, 5) is 22.0. The molecule has 0 amide bonds. The van der Waals surface area contributed by atoms with Gasteiger partial charge in [0.2, 0.25) is 0 Å². The molecule has 0 spiro atoms. The van der Waals surface area contributed by atoms with E-state index in [0.29, 0.717) is 36.7 Å². The van der Waals surface area contributed by atoms with Gasteiger partial charge in [0.15, 0.2) is 17.6 Å². The van der Waals surface area contributed by atoms with Crippen molar-refractivity contribution in [2.75, 3.05) is 13.2 Å². The van der Waals surface area contributed by atoms with Crippen LogP contribution < -0.4 is 9.47 Å². The van der Waals surface area contributed by atoms with Crippen molar-refractivity contribution < 1.29 is 23.8 Å². The molecule has 1 aliphatic heterocycles. The van der Waals surface area contributed by atoms with Gasteiger partial charge in [-0.1, -0.05) is 0 Å². The van der Waals surface area contributed by atoms with Crippen molar-refractivity contribution in [3.63, 3.8) is 0 Å². The third kappa shape index (κ3) is 2.61. The van der Waals surface area contributed by atoms with E-state index in [1.54, 1.807) is 18.2 Å². The van der Waals surface area contributed by atoms with Crippen molar-refractivity contribution in [3.8, 4) is 11.5 Å². The third-order valence-electron chi connectivity index (χ3n) is 2.56. The van der Waals surface area contributed by atoms with Crippen LogP contribution in [0.4, 0.5) is 0 Å².